The van der Waals surface area contributed by atoms with Crippen molar-refractivity contribution < 1.29 is 0 Å². The van der Waals surface area contributed by atoms with Gasteiger partial charge in [0.1, 0.15) is 11.6 Å². The molecule has 3 aromatic rings. The Morgan fingerprint density at radius 2 is 1.85 bits per heavy atom. The van der Waals surface area contributed by atoms with Gasteiger partial charge in [0.15, 0.2) is 0 Å². The molecule has 0 aliphatic carbocycles. The molecule has 100 valence electrons. The minimum absolute atomic E-state index is 0.340. The monoisotopic (exact) mass is 264 g/mol. The number of hydrogen-bond acceptors (Lipinski definition) is 4. The van der Waals surface area contributed by atoms with Gasteiger partial charge in [-0.05, 0) is 35.9 Å². The maximum atomic E-state index is 5.55. The van der Waals surface area contributed by atoms with Crippen molar-refractivity contribution in [3.63, 3.8) is 0 Å². The van der Waals surface area contributed by atoms with Crippen LogP contribution in [0.25, 0.3) is 10.8 Å². The average Bonchev–Trinajstić information content (AvgIpc) is 2.47. The van der Waals surface area contributed by atoms with E-state index in [4.69, 9.17) is 5.73 Å². The summed E-state index contributed by atoms with van der Waals surface area (Å²) >= 11 is 0. The number of fused-ring (bicyclic) bond motifs is 1. The van der Waals surface area contributed by atoms with Crippen LogP contribution in [0.4, 0.5) is 11.5 Å². The Hall–Kier alpha value is -2.46. The molecule has 0 fully saturated rings. The van der Waals surface area contributed by atoms with Crippen LogP contribution in [-0.4, -0.2) is 9.97 Å². The summed E-state index contributed by atoms with van der Waals surface area (Å²) in [5, 5.41) is 5.72. The minimum Gasteiger partial charge on any atom is -0.340 e. The Morgan fingerprint density at radius 3 is 2.70 bits per heavy atom. The Bertz CT molecular complexity index is 752. The van der Waals surface area contributed by atoms with Crippen LogP contribution in [0.5, 0.6) is 0 Å². The second-order valence-electron chi connectivity index (χ2n) is 4.75. The van der Waals surface area contributed by atoms with Crippen molar-refractivity contribution >= 4 is 22.3 Å². The van der Waals surface area contributed by atoms with Crippen molar-refractivity contribution in [2.24, 2.45) is 5.73 Å². The van der Waals surface area contributed by atoms with Crippen LogP contribution < -0.4 is 11.1 Å². The lowest BCUT2D eigenvalue weighted by Crippen LogP contribution is -2.04. The number of nitrogens with one attached hydrogen (secondary N) is 1. The first-order chi connectivity index (χ1) is 9.74. The molecule has 0 aliphatic rings. The Morgan fingerprint density at radius 1 is 1.05 bits per heavy atom. The summed E-state index contributed by atoms with van der Waals surface area (Å²) in [4.78, 5) is 8.42. The average molecular weight is 264 g/mol. The number of benzene rings is 2. The molecule has 20 heavy (non-hydrogen) atoms. The third-order valence-electron chi connectivity index (χ3n) is 3.16. The largest absolute Gasteiger partial charge is 0.340 e. The third kappa shape index (κ3) is 2.60. The van der Waals surface area contributed by atoms with Gasteiger partial charge in [0.2, 0.25) is 0 Å². The highest BCUT2D eigenvalue weighted by Gasteiger charge is 2.00. The molecule has 0 radical (unpaired) electrons. The molecule has 0 aliphatic heterocycles. The lowest BCUT2D eigenvalue weighted by Gasteiger charge is -2.08. The quantitative estimate of drug-likeness (QED) is 0.762. The van der Waals surface area contributed by atoms with Crippen LogP contribution in [0.1, 0.15) is 11.4 Å². The van der Waals surface area contributed by atoms with E-state index in [9.17, 15) is 0 Å². The maximum absolute atomic E-state index is 5.55. The summed E-state index contributed by atoms with van der Waals surface area (Å²) in [5.41, 5.74) is 7.82. The van der Waals surface area contributed by atoms with Gasteiger partial charge in [-0.3, -0.25) is 0 Å². The number of nitrogens with zero attached hydrogens (tertiary/aromatic N) is 2. The molecule has 0 spiro atoms. The third-order valence-corrected chi connectivity index (χ3v) is 3.16. The van der Waals surface area contributed by atoms with Crippen LogP contribution in [0.15, 0.2) is 48.7 Å². The molecule has 1 heterocycles. The molecule has 2 aromatic carbocycles. The first kappa shape index (κ1) is 12.6. The van der Waals surface area contributed by atoms with Crippen molar-refractivity contribution in [3.8, 4) is 0 Å². The van der Waals surface area contributed by atoms with Crippen molar-refractivity contribution in [2.75, 3.05) is 5.32 Å². The van der Waals surface area contributed by atoms with Crippen LogP contribution in [0.3, 0.4) is 0 Å². The van der Waals surface area contributed by atoms with Gasteiger partial charge in [0.05, 0.1) is 6.54 Å². The zero-order valence-corrected chi connectivity index (χ0v) is 11.3. The molecule has 3 N–H and O–H groups in total. The number of hydrogen-bond donors (Lipinski definition) is 2. The Kier molecular flexibility index (Phi) is 3.31. The standard InChI is InChI=1S/C16H16N4/c1-11-2-3-13-9-14(5-4-12(13)8-11)19-15-6-7-18-16(10-17)20-15/h2-9H,10,17H2,1H3,(H,18,19,20). The summed E-state index contributed by atoms with van der Waals surface area (Å²) in [5.74, 6) is 1.39. The first-order valence-electron chi connectivity index (χ1n) is 6.54. The van der Waals surface area contributed by atoms with Gasteiger partial charge in [0, 0.05) is 11.9 Å². The van der Waals surface area contributed by atoms with Crippen LogP contribution in [-0.2, 0) is 6.54 Å². The van der Waals surface area contributed by atoms with Crippen molar-refractivity contribution in [1.29, 1.82) is 0 Å². The summed E-state index contributed by atoms with van der Waals surface area (Å²) in [6, 6.07) is 14.5. The Balaban J connectivity index is 1.92. The van der Waals surface area contributed by atoms with E-state index < -0.39 is 0 Å². The summed E-state index contributed by atoms with van der Waals surface area (Å²) in [6.07, 6.45) is 1.71. The normalized spacial score (nSPS) is 10.7. The van der Waals surface area contributed by atoms with E-state index in [0.29, 0.717) is 12.4 Å². The molecule has 4 heteroatoms. The molecular formula is C16H16N4. The molecule has 0 bridgehead atoms. The van der Waals surface area contributed by atoms with Gasteiger partial charge in [-0.15, -0.1) is 0 Å². The molecule has 4 nitrogen and oxygen atoms in total. The van der Waals surface area contributed by atoms with Gasteiger partial charge < -0.3 is 11.1 Å². The van der Waals surface area contributed by atoms with Crippen LogP contribution in [0.2, 0.25) is 0 Å². The number of rotatable bonds is 3. The first-order valence-corrected chi connectivity index (χ1v) is 6.54. The van der Waals surface area contributed by atoms with E-state index in [2.05, 4.69) is 52.5 Å². The zero-order chi connectivity index (χ0) is 13.9. The highest BCUT2D eigenvalue weighted by Crippen LogP contribution is 2.22. The zero-order valence-electron chi connectivity index (χ0n) is 11.3. The highest BCUT2D eigenvalue weighted by atomic mass is 15.0. The predicted molar refractivity (Wildman–Crippen MR) is 81.9 cm³/mol. The van der Waals surface area contributed by atoms with Crippen LogP contribution in [0, 0.1) is 6.92 Å². The number of nitrogens with two attached hydrogens (primary N) is 1. The number of aryl methyl sites for hydroxylation is 1. The molecular weight excluding hydrogens is 248 g/mol. The molecule has 0 atom stereocenters. The lowest BCUT2D eigenvalue weighted by molar-refractivity contribution is 0.912. The molecule has 3 rings (SSSR count). The second-order valence-corrected chi connectivity index (χ2v) is 4.75. The molecule has 0 saturated carbocycles. The fraction of sp³-hybridized carbons (Fsp3) is 0.125. The summed E-state index contributed by atoms with van der Waals surface area (Å²) in [6.45, 7) is 2.44. The van der Waals surface area contributed by atoms with Crippen molar-refractivity contribution in [3.05, 3.63) is 60.0 Å². The number of anilines is 2. The second kappa shape index (κ2) is 5.27. The van der Waals surface area contributed by atoms with E-state index in [1.54, 1.807) is 6.20 Å². The fourth-order valence-corrected chi connectivity index (χ4v) is 2.16. The highest BCUT2D eigenvalue weighted by molar-refractivity contribution is 5.86. The smallest absolute Gasteiger partial charge is 0.144 e. The molecule has 0 saturated heterocycles. The summed E-state index contributed by atoms with van der Waals surface area (Å²) in [7, 11) is 0. The van der Waals surface area contributed by atoms with Crippen molar-refractivity contribution in [2.45, 2.75) is 13.5 Å². The lowest BCUT2D eigenvalue weighted by atomic mass is 10.1. The van der Waals surface area contributed by atoms with Gasteiger partial charge in [-0.25, -0.2) is 9.97 Å². The SMILES string of the molecule is Cc1ccc2cc(Nc3ccnc(CN)n3)ccc2c1. The predicted octanol–water partition coefficient (Wildman–Crippen LogP) is 3.14. The molecule has 1 aromatic heterocycles. The van der Waals surface area contributed by atoms with E-state index in [1.165, 1.54) is 16.3 Å². The van der Waals surface area contributed by atoms with E-state index in [1.807, 2.05) is 12.1 Å². The number of aromatic nitrogens is 2. The molecule has 0 amide bonds. The van der Waals surface area contributed by atoms with Gasteiger partial charge >= 0.3 is 0 Å². The summed E-state index contributed by atoms with van der Waals surface area (Å²) < 4.78 is 0. The minimum atomic E-state index is 0.340. The molecule has 0 unspecified atom stereocenters. The maximum Gasteiger partial charge on any atom is 0.144 e. The van der Waals surface area contributed by atoms with Gasteiger partial charge in [-0.1, -0.05) is 29.8 Å². The Labute approximate surface area is 117 Å². The van der Waals surface area contributed by atoms with E-state index in [-0.39, 0.29) is 0 Å². The fourth-order valence-electron chi connectivity index (χ4n) is 2.16. The van der Waals surface area contributed by atoms with E-state index in [0.717, 1.165) is 11.5 Å². The van der Waals surface area contributed by atoms with E-state index >= 15 is 0 Å². The van der Waals surface area contributed by atoms with Gasteiger partial charge in [-0.2, -0.15) is 0 Å². The van der Waals surface area contributed by atoms with Crippen LogP contribution >= 0.6 is 0 Å². The van der Waals surface area contributed by atoms with Crippen molar-refractivity contribution in [1.82, 2.24) is 9.97 Å². The van der Waals surface area contributed by atoms with Gasteiger partial charge in [0.25, 0.3) is 0 Å². The topological polar surface area (TPSA) is 63.8 Å².